The van der Waals surface area contributed by atoms with E-state index in [1.165, 1.54) is 6.20 Å². The molecule has 3 aromatic rings. The quantitative estimate of drug-likeness (QED) is 0.768. The number of nitrogen functional groups attached to an aromatic ring is 1. The number of fused-ring (bicyclic) bond motifs is 1. The lowest BCUT2D eigenvalue weighted by atomic mass is 10.1. The first-order valence-electron chi connectivity index (χ1n) is 8.05. The van der Waals surface area contributed by atoms with Crippen LogP contribution in [-0.2, 0) is 4.74 Å². The van der Waals surface area contributed by atoms with Gasteiger partial charge in [0.15, 0.2) is 0 Å². The van der Waals surface area contributed by atoms with Crippen LogP contribution in [0.4, 0.5) is 5.82 Å². The molecule has 1 atom stereocenters. The lowest BCUT2D eigenvalue weighted by Crippen LogP contribution is -2.42. The summed E-state index contributed by atoms with van der Waals surface area (Å²) in [5.74, 6) is 0.283. The van der Waals surface area contributed by atoms with Crippen molar-refractivity contribution in [2.45, 2.75) is 6.10 Å². The molecule has 3 heterocycles. The lowest BCUT2D eigenvalue weighted by Gasteiger charge is -2.33. The number of carbonyl (C=O) groups excluding carboxylic acids is 1. The Hall–Kier alpha value is -3.06. The van der Waals surface area contributed by atoms with Crippen LogP contribution in [0.1, 0.15) is 22.2 Å². The highest BCUT2D eigenvalue weighted by molar-refractivity contribution is 6.06. The number of nitrogens with zero attached hydrogens (tertiary/aromatic N) is 4. The Balaban J connectivity index is 1.63. The summed E-state index contributed by atoms with van der Waals surface area (Å²) in [5.41, 5.74) is 7.90. The van der Waals surface area contributed by atoms with Gasteiger partial charge in [-0.2, -0.15) is 0 Å². The molecule has 1 amide bonds. The smallest absolute Gasteiger partial charge is 0.254 e. The van der Waals surface area contributed by atoms with Crippen molar-refractivity contribution in [2.75, 3.05) is 25.4 Å². The third kappa shape index (κ3) is 2.89. The highest BCUT2D eigenvalue weighted by Gasteiger charge is 2.29. The molecule has 1 fully saturated rings. The van der Waals surface area contributed by atoms with Gasteiger partial charge in [-0.05, 0) is 18.2 Å². The van der Waals surface area contributed by atoms with Crippen molar-refractivity contribution < 1.29 is 9.53 Å². The summed E-state index contributed by atoms with van der Waals surface area (Å²) in [6.45, 7) is 1.33. The average Bonchev–Trinajstić information content (AvgIpc) is 2.67. The summed E-state index contributed by atoms with van der Waals surface area (Å²) in [4.78, 5) is 27.4. The maximum absolute atomic E-state index is 13.1. The molecule has 126 valence electrons. The van der Waals surface area contributed by atoms with Gasteiger partial charge in [0, 0.05) is 36.1 Å². The third-order valence-electron chi connectivity index (χ3n) is 4.29. The molecular formula is C18H17N5O2. The van der Waals surface area contributed by atoms with E-state index in [-0.39, 0.29) is 12.0 Å². The van der Waals surface area contributed by atoms with Gasteiger partial charge < -0.3 is 15.4 Å². The third-order valence-corrected chi connectivity index (χ3v) is 4.29. The number of ether oxygens (including phenoxy) is 1. The number of aromatic nitrogens is 3. The predicted octanol–water partition coefficient (Wildman–Crippen LogP) is 1.82. The van der Waals surface area contributed by atoms with Crippen LogP contribution >= 0.6 is 0 Å². The number of hydrogen-bond acceptors (Lipinski definition) is 6. The van der Waals surface area contributed by atoms with Crippen LogP contribution in [0.15, 0.2) is 48.9 Å². The molecule has 2 N–H and O–H groups in total. The molecule has 1 aliphatic rings. The second-order valence-electron chi connectivity index (χ2n) is 5.81. The molecule has 25 heavy (non-hydrogen) atoms. The van der Waals surface area contributed by atoms with Gasteiger partial charge in [-0.25, -0.2) is 4.98 Å². The van der Waals surface area contributed by atoms with E-state index < -0.39 is 0 Å². The molecule has 1 aliphatic heterocycles. The molecule has 1 aromatic carbocycles. The lowest BCUT2D eigenvalue weighted by molar-refractivity contribution is -0.0244. The number of pyridine rings is 1. The Kier molecular flexibility index (Phi) is 3.99. The van der Waals surface area contributed by atoms with Crippen molar-refractivity contribution in [1.29, 1.82) is 0 Å². The van der Waals surface area contributed by atoms with E-state index in [0.717, 1.165) is 10.9 Å². The van der Waals surface area contributed by atoms with E-state index in [2.05, 4.69) is 15.0 Å². The molecule has 7 heteroatoms. The molecule has 0 saturated carbocycles. The summed E-state index contributed by atoms with van der Waals surface area (Å²) in [7, 11) is 0. The van der Waals surface area contributed by atoms with Gasteiger partial charge in [-0.1, -0.05) is 12.1 Å². The monoisotopic (exact) mass is 335 g/mol. The number of rotatable bonds is 2. The minimum atomic E-state index is -0.375. The molecule has 4 rings (SSSR count). The second-order valence-corrected chi connectivity index (χ2v) is 5.81. The van der Waals surface area contributed by atoms with Gasteiger partial charge in [0.05, 0.1) is 18.7 Å². The van der Waals surface area contributed by atoms with E-state index in [0.29, 0.717) is 36.8 Å². The van der Waals surface area contributed by atoms with Crippen molar-refractivity contribution in [1.82, 2.24) is 19.9 Å². The Morgan fingerprint density at radius 2 is 2.00 bits per heavy atom. The molecule has 7 nitrogen and oxygen atoms in total. The fraction of sp³-hybridized carbons (Fsp3) is 0.222. The highest BCUT2D eigenvalue weighted by atomic mass is 16.5. The first-order valence-corrected chi connectivity index (χ1v) is 8.05. The zero-order valence-electron chi connectivity index (χ0n) is 13.5. The first-order chi connectivity index (χ1) is 12.2. The number of hydrogen-bond donors (Lipinski definition) is 1. The van der Waals surface area contributed by atoms with Gasteiger partial charge in [0.25, 0.3) is 5.91 Å². The van der Waals surface area contributed by atoms with Crippen LogP contribution in [0.5, 0.6) is 0 Å². The Morgan fingerprint density at radius 1 is 1.12 bits per heavy atom. The average molecular weight is 335 g/mol. The summed E-state index contributed by atoms with van der Waals surface area (Å²) >= 11 is 0. The molecule has 0 unspecified atom stereocenters. The molecule has 0 radical (unpaired) electrons. The Labute approximate surface area is 144 Å². The van der Waals surface area contributed by atoms with E-state index in [1.54, 1.807) is 17.3 Å². The van der Waals surface area contributed by atoms with Crippen LogP contribution in [-0.4, -0.2) is 45.5 Å². The molecule has 0 aliphatic carbocycles. The van der Waals surface area contributed by atoms with Crippen molar-refractivity contribution in [3.8, 4) is 0 Å². The Bertz CT molecular complexity index is 925. The van der Waals surface area contributed by atoms with Crippen LogP contribution in [0.2, 0.25) is 0 Å². The zero-order chi connectivity index (χ0) is 17.2. The highest BCUT2D eigenvalue weighted by Crippen LogP contribution is 2.26. The molecule has 0 spiro atoms. The van der Waals surface area contributed by atoms with Gasteiger partial charge in [-0.3, -0.25) is 14.8 Å². The maximum Gasteiger partial charge on any atom is 0.254 e. The first kappa shape index (κ1) is 15.5. The molecule has 0 bridgehead atoms. The van der Waals surface area contributed by atoms with Gasteiger partial charge >= 0.3 is 0 Å². The summed E-state index contributed by atoms with van der Waals surface area (Å²) in [6.07, 6.45) is 4.46. The number of amides is 1. The number of anilines is 1. The molecular weight excluding hydrogens is 318 g/mol. The minimum absolute atomic E-state index is 0.0469. The number of morpholine rings is 1. The maximum atomic E-state index is 13.1. The predicted molar refractivity (Wildman–Crippen MR) is 92.8 cm³/mol. The van der Waals surface area contributed by atoms with Crippen LogP contribution in [0, 0.1) is 0 Å². The van der Waals surface area contributed by atoms with Crippen molar-refractivity contribution >= 4 is 22.6 Å². The molecule has 1 saturated heterocycles. The fourth-order valence-corrected chi connectivity index (χ4v) is 3.07. The molecule has 2 aromatic heterocycles. The van der Waals surface area contributed by atoms with E-state index in [9.17, 15) is 4.79 Å². The minimum Gasteiger partial charge on any atom is -0.382 e. The van der Waals surface area contributed by atoms with Crippen molar-refractivity contribution in [2.24, 2.45) is 0 Å². The summed E-state index contributed by atoms with van der Waals surface area (Å²) in [5, 5.41) is 0.844. The SMILES string of the molecule is Nc1nccnc1[C@H]1CN(C(=O)c2cccc3ncccc23)CCO1. The van der Waals surface area contributed by atoms with Crippen molar-refractivity contribution in [3.05, 3.63) is 60.2 Å². The van der Waals surface area contributed by atoms with Crippen LogP contribution < -0.4 is 5.73 Å². The van der Waals surface area contributed by atoms with Gasteiger partial charge in [0.2, 0.25) is 0 Å². The number of carbonyl (C=O) groups is 1. The van der Waals surface area contributed by atoms with E-state index in [4.69, 9.17) is 10.5 Å². The topological polar surface area (TPSA) is 94.2 Å². The summed E-state index contributed by atoms with van der Waals surface area (Å²) < 4.78 is 5.76. The largest absolute Gasteiger partial charge is 0.382 e. The van der Waals surface area contributed by atoms with Gasteiger partial charge in [-0.15, -0.1) is 0 Å². The fourth-order valence-electron chi connectivity index (χ4n) is 3.07. The Morgan fingerprint density at radius 3 is 2.88 bits per heavy atom. The zero-order valence-corrected chi connectivity index (χ0v) is 13.5. The number of benzene rings is 1. The summed E-state index contributed by atoms with van der Waals surface area (Å²) in [6, 6.07) is 9.32. The number of nitrogens with two attached hydrogens (primary N) is 1. The van der Waals surface area contributed by atoms with Crippen LogP contribution in [0.3, 0.4) is 0 Å². The normalized spacial score (nSPS) is 17.6. The van der Waals surface area contributed by atoms with E-state index in [1.807, 2.05) is 30.3 Å². The van der Waals surface area contributed by atoms with Gasteiger partial charge in [0.1, 0.15) is 17.6 Å². The standard InChI is InChI=1S/C18H17N5O2/c19-17-16(21-7-8-22-17)15-11-23(9-10-25-15)18(24)13-3-1-5-14-12(13)4-2-6-20-14/h1-8,15H,9-11H2,(H2,19,22)/t15-/m1/s1. The van der Waals surface area contributed by atoms with Crippen molar-refractivity contribution in [3.63, 3.8) is 0 Å². The van der Waals surface area contributed by atoms with E-state index >= 15 is 0 Å². The second kappa shape index (κ2) is 6.45. The van der Waals surface area contributed by atoms with Crippen LogP contribution in [0.25, 0.3) is 10.9 Å².